The second-order valence-corrected chi connectivity index (χ2v) is 7.05. The summed E-state index contributed by atoms with van der Waals surface area (Å²) in [4.78, 5) is 20.1. The van der Waals surface area contributed by atoms with E-state index in [0.29, 0.717) is 17.3 Å². The molecule has 5 nitrogen and oxygen atoms in total. The lowest BCUT2D eigenvalue weighted by Gasteiger charge is -2.15. The van der Waals surface area contributed by atoms with Crippen molar-refractivity contribution in [3.8, 4) is 17.0 Å². The van der Waals surface area contributed by atoms with Gasteiger partial charge in [0.1, 0.15) is 12.4 Å². The van der Waals surface area contributed by atoms with Crippen LogP contribution >= 0.6 is 11.3 Å². The maximum atomic E-state index is 12.5. The van der Waals surface area contributed by atoms with Crippen molar-refractivity contribution in [2.45, 2.75) is 6.61 Å². The molecule has 0 bridgehead atoms. The number of aromatic nitrogens is 1. The van der Waals surface area contributed by atoms with Gasteiger partial charge in [0.2, 0.25) is 0 Å². The summed E-state index contributed by atoms with van der Waals surface area (Å²) in [5.41, 5.74) is 3.52. The van der Waals surface area contributed by atoms with Crippen LogP contribution in [0.5, 0.6) is 5.75 Å². The molecule has 1 aliphatic heterocycles. The van der Waals surface area contributed by atoms with E-state index in [-0.39, 0.29) is 5.91 Å². The van der Waals surface area contributed by atoms with E-state index in [1.807, 2.05) is 67.5 Å². The Morgan fingerprint density at radius 3 is 2.68 bits per heavy atom. The van der Waals surface area contributed by atoms with Crippen LogP contribution in [0.1, 0.15) is 15.2 Å². The molecule has 126 valence electrons. The number of fused-ring (bicyclic) bond motifs is 3. The zero-order valence-corrected chi connectivity index (χ0v) is 14.8. The summed E-state index contributed by atoms with van der Waals surface area (Å²) < 4.78 is 5.74. The molecule has 6 heteroatoms. The topological polar surface area (TPSA) is 54.5 Å². The van der Waals surface area contributed by atoms with Gasteiger partial charge in [-0.2, -0.15) is 0 Å². The number of benzene rings is 2. The van der Waals surface area contributed by atoms with Crippen molar-refractivity contribution in [1.29, 1.82) is 0 Å². The highest BCUT2D eigenvalue weighted by atomic mass is 32.1. The van der Waals surface area contributed by atoms with Gasteiger partial charge in [0.05, 0.1) is 10.6 Å². The van der Waals surface area contributed by atoms with Crippen molar-refractivity contribution in [3.05, 3.63) is 59.0 Å². The Bertz CT molecular complexity index is 932. The summed E-state index contributed by atoms with van der Waals surface area (Å²) in [6, 6.07) is 15.3. The minimum Gasteiger partial charge on any atom is -0.487 e. The molecule has 1 amide bonds. The van der Waals surface area contributed by atoms with Crippen LogP contribution < -0.4 is 15.0 Å². The lowest BCUT2D eigenvalue weighted by Crippen LogP contribution is -2.13. The van der Waals surface area contributed by atoms with Crippen LogP contribution in [0.4, 0.5) is 10.8 Å². The average Bonchev–Trinajstić information content (AvgIpc) is 3.04. The molecule has 1 N–H and O–H groups in total. The van der Waals surface area contributed by atoms with Gasteiger partial charge in [0.25, 0.3) is 5.91 Å². The van der Waals surface area contributed by atoms with Crippen molar-refractivity contribution in [2.75, 3.05) is 24.3 Å². The molecule has 0 atom stereocenters. The van der Waals surface area contributed by atoms with Crippen LogP contribution in [0.15, 0.2) is 48.5 Å². The molecule has 0 radical (unpaired) electrons. The Balaban J connectivity index is 1.56. The number of nitrogens with zero attached hydrogens (tertiary/aromatic N) is 2. The van der Waals surface area contributed by atoms with E-state index in [1.165, 1.54) is 11.3 Å². The van der Waals surface area contributed by atoms with Crippen molar-refractivity contribution < 1.29 is 9.53 Å². The number of hydrogen-bond donors (Lipinski definition) is 1. The highest BCUT2D eigenvalue weighted by Crippen LogP contribution is 2.40. The van der Waals surface area contributed by atoms with E-state index >= 15 is 0 Å². The van der Waals surface area contributed by atoms with Crippen LogP contribution in [-0.4, -0.2) is 25.0 Å². The first kappa shape index (κ1) is 15.7. The van der Waals surface area contributed by atoms with Crippen LogP contribution in [0.3, 0.4) is 0 Å². The van der Waals surface area contributed by atoms with Gasteiger partial charge in [-0.3, -0.25) is 10.1 Å². The number of carbonyl (C=O) groups excluding carboxylic acids is 1. The smallest absolute Gasteiger partial charge is 0.257 e. The molecule has 0 saturated heterocycles. The van der Waals surface area contributed by atoms with Gasteiger partial charge in [0, 0.05) is 30.9 Å². The molecule has 1 aromatic heterocycles. The Labute approximate surface area is 149 Å². The van der Waals surface area contributed by atoms with Gasteiger partial charge in [0.15, 0.2) is 5.13 Å². The maximum absolute atomic E-state index is 12.5. The fourth-order valence-electron chi connectivity index (χ4n) is 2.73. The van der Waals surface area contributed by atoms with E-state index in [0.717, 1.165) is 27.6 Å². The number of amides is 1. The first-order valence-corrected chi connectivity index (χ1v) is 8.74. The first-order valence-electron chi connectivity index (χ1n) is 7.92. The number of rotatable bonds is 3. The molecule has 4 rings (SSSR count). The Kier molecular flexibility index (Phi) is 3.89. The number of para-hydroxylation sites is 1. The summed E-state index contributed by atoms with van der Waals surface area (Å²) in [6.45, 7) is 0.484. The normalized spacial score (nSPS) is 11.9. The number of ether oxygens (including phenoxy) is 1. The monoisotopic (exact) mass is 351 g/mol. The molecule has 25 heavy (non-hydrogen) atoms. The minimum absolute atomic E-state index is 0.161. The van der Waals surface area contributed by atoms with Crippen molar-refractivity contribution in [1.82, 2.24) is 4.98 Å². The molecule has 2 heterocycles. The molecule has 3 aromatic rings. The third-order valence-corrected chi connectivity index (χ3v) is 5.01. The van der Waals surface area contributed by atoms with Crippen LogP contribution in [-0.2, 0) is 6.61 Å². The van der Waals surface area contributed by atoms with E-state index in [1.54, 1.807) is 0 Å². The molecule has 2 aromatic carbocycles. The van der Waals surface area contributed by atoms with Gasteiger partial charge < -0.3 is 9.64 Å². The molecular formula is C19H17N3O2S. The third-order valence-electron chi connectivity index (χ3n) is 4.06. The summed E-state index contributed by atoms with van der Waals surface area (Å²) in [6.07, 6.45) is 0. The highest BCUT2D eigenvalue weighted by molar-refractivity contribution is 7.16. The maximum Gasteiger partial charge on any atom is 0.257 e. The lowest BCUT2D eigenvalue weighted by molar-refractivity contribution is 0.102. The van der Waals surface area contributed by atoms with Crippen LogP contribution in [0, 0.1) is 0 Å². The van der Waals surface area contributed by atoms with Gasteiger partial charge in [-0.25, -0.2) is 4.98 Å². The zero-order chi connectivity index (χ0) is 17.4. The molecule has 1 aliphatic rings. The predicted molar refractivity (Wildman–Crippen MR) is 101 cm³/mol. The molecule has 0 saturated carbocycles. The fourth-order valence-corrected chi connectivity index (χ4v) is 3.61. The quantitative estimate of drug-likeness (QED) is 0.774. The number of thiazole rings is 1. The summed E-state index contributed by atoms with van der Waals surface area (Å²) >= 11 is 1.45. The Hall–Kier alpha value is -2.86. The lowest BCUT2D eigenvalue weighted by atomic mass is 10.1. The van der Waals surface area contributed by atoms with Gasteiger partial charge in [-0.05, 0) is 36.4 Å². The number of hydrogen-bond acceptors (Lipinski definition) is 5. The second kappa shape index (κ2) is 6.22. The summed E-state index contributed by atoms with van der Waals surface area (Å²) in [7, 11) is 3.93. The van der Waals surface area contributed by atoms with Crippen LogP contribution in [0.2, 0.25) is 0 Å². The molecule has 0 spiro atoms. The van der Waals surface area contributed by atoms with E-state index < -0.39 is 0 Å². The fraction of sp³-hybridized carbons (Fsp3) is 0.158. The molecule has 0 aliphatic carbocycles. The van der Waals surface area contributed by atoms with Gasteiger partial charge in [-0.1, -0.05) is 23.5 Å². The molecule has 0 unspecified atom stereocenters. The van der Waals surface area contributed by atoms with E-state index in [2.05, 4.69) is 10.3 Å². The summed E-state index contributed by atoms with van der Waals surface area (Å²) in [5.74, 6) is 0.669. The molecule has 0 fully saturated rings. The van der Waals surface area contributed by atoms with Crippen molar-refractivity contribution in [3.63, 3.8) is 0 Å². The third kappa shape index (κ3) is 2.96. The summed E-state index contributed by atoms with van der Waals surface area (Å²) in [5, 5.41) is 3.48. The SMILES string of the molecule is CN(C)c1ccc(C(=O)Nc2nc3c(s2)COc2ccccc2-3)cc1. The molecular weight excluding hydrogens is 334 g/mol. The van der Waals surface area contributed by atoms with Crippen molar-refractivity contribution in [2.24, 2.45) is 0 Å². The second-order valence-electron chi connectivity index (χ2n) is 5.97. The standard InChI is InChI=1S/C19H17N3O2S/c1-22(2)13-9-7-12(8-10-13)18(23)21-19-20-17-14-5-3-4-6-15(14)24-11-16(17)25-19/h3-10H,11H2,1-2H3,(H,20,21,23). The zero-order valence-electron chi connectivity index (χ0n) is 13.9. The average molecular weight is 351 g/mol. The largest absolute Gasteiger partial charge is 0.487 e. The Morgan fingerprint density at radius 2 is 1.92 bits per heavy atom. The van der Waals surface area contributed by atoms with E-state index in [4.69, 9.17) is 4.74 Å². The minimum atomic E-state index is -0.161. The number of anilines is 2. The first-order chi connectivity index (χ1) is 12.1. The Morgan fingerprint density at radius 1 is 1.16 bits per heavy atom. The number of carbonyl (C=O) groups is 1. The van der Waals surface area contributed by atoms with Crippen LogP contribution in [0.25, 0.3) is 11.3 Å². The highest BCUT2D eigenvalue weighted by Gasteiger charge is 2.22. The van der Waals surface area contributed by atoms with Gasteiger partial charge >= 0.3 is 0 Å². The predicted octanol–water partition coefficient (Wildman–Crippen LogP) is 4.02. The van der Waals surface area contributed by atoms with Gasteiger partial charge in [-0.15, -0.1) is 0 Å². The van der Waals surface area contributed by atoms with Crippen molar-refractivity contribution >= 4 is 28.1 Å². The number of nitrogens with one attached hydrogen (secondary N) is 1. The van der Waals surface area contributed by atoms with E-state index in [9.17, 15) is 4.79 Å².